The number of primary amides is 1. The second kappa shape index (κ2) is 10.1. The zero-order valence-corrected chi connectivity index (χ0v) is 14.0. The molecule has 0 saturated heterocycles. The van der Waals surface area contributed by atoms with Gasteiger partial charge in [0, 0.05) is 6.54 Å². The van der Waals surface area contributed by atoms with Gasteiger partial charge in [-0.05, 0) is 59.5 Å². The predicted octanol–water partition coefficient (Wildman–Crippen LogP) is 0.894. The Hall–Kier alpha value is -0.650. The predicted molar refractivity (Wildman–Crippen MR) is 85.8 cm³/mol. The average Bonchev–Trinajstić information content (AvgIpc) is 2.46. The van der Waals surface area contributed by atoms with E-state index in [0.717, 1.165) is 45.7 Å². The standard InChI is InChI=1S/C15H34N4O/c1-6-18(7-2)11-9-12-19(8-3)13-10-15(4,17-5)14(16)20/h17H,6-13H2,1-5H3,(H2,16,20). The lowest BCUT2D eigenvalue weighted by Gasteiger charge is -2.29. The van der Waals surface area contributed by atoms with E-state index in [2.05, 4.69) is 35.9 Å². The monoisotopic (exact) mass is 286 g/mol. The molecule has 0 rings (SSSR count). The van der Waals surface area contributed by atoms with Gasteiger partial charge in [0.2, 0.25) is 5.91 Å². The first-order valence-electron chi connectivity index (χ1n) is 7.87. The summed E-state index contributed by atoms with van der Waals surface area (Å²) >= 11 is 0. The van der Waals surface area contributed by atoms with Gasteiger partial charge in [-0.25, -0.2) is 0 Å². The van der Waals surface area contributed by atoms with Crippen LogP contribution in [0.2, 0.25) is 0 Å². The van der Waals surface area contributed by atoms with Crippen molar-refractivity contribution >= 4 is 5.91 Å². The molecule has 5 nitrogen and oxygen atoms in total. The Bertz CT molecular complexity index is 269. The van der Waals surface area contributed by atoms with Crippen molar-refractivity contribution in [2.24, 2.45) is 5.73 Å². The summed E-state index contributed by atoms with van der Waals surface area (Å²) in [5.74, 6) is -0.279. The van der Waals surface area contributed by atoms with Gasteiger partial charge in [-0.2, -0.15) is 0 Å². The molecule has 0 bridgehead atoms. The third-order valence-corrected chi connectivity index (χ3v) is 4.31. The maximum Gasteiger partial charge on any atom is 0.237 e. The fourth-order valence-corrected chi connectivity index (χ4v) is 2.24. The normalized spacial score (nSPS) is 14.8. The van der Waals surface area contributed by atoms with Gasteiger partial charge in [0.1, 0.15) is 0 Å². The third kappa shape index (κ3) is 6.68. The lowest BCUT2D eigenvalue weighted by atomic mass is 9.97. The van der Waals surface area contributed by atoms with Gasteiger partial charge >= 0.3 is 0 Å². The van der Waals surface area contributed by atoms with Crippen molar-refractivity contribution < 1.29 is 4.79 Å². The summed E-state index contributed by atoms with van der Waals surface area (Å²) in [5.41, 5.74) is 4.85. The van der Waals surface area contributed by atoms with Crippen LogP contribution in [0.5, 0.6) is 0 Å². The summed E-state index contributed by atoms with van der Waals surface area (Å²) < 4.78 is 0. The van der Waals surface area contributed by atoms with Crippen LogP contribution in [0.3, 0.4) is 0 Å². The summed E-state index contributed by atoms with van der Waals surface area (Å²) in [6.07, 6.45) is 1.92. The molecule has 0 aliphatic heterocycles. The van der Waals surface area contributed by atoms with Gasteiger partial charge in [0.15, 0.2) is 0 Å². The fraction of sp³-hybridized carbons (Fsp3) is 0.933. The van der Waals surface area contributed by atoms with Crippen LogP contribution in [-0.2, 0) is 4.79 Å². The molecule has 120 valence electrons. The van der Waals surface area contributed by atoms with Crippen LogP contribution in [0.15, 0.2) is 0 Å². The minimum Gasteiger partial charge on any atom is -0.368 e. The van der Waals surface area contributed by atoms with Crippen molar-refractivity contribution in [1.82, 2.24) is 15.1 Å². The van der Waals surface area contributed by atoms with E-state index >= 15 is 0 Å². The molecular formula is C15H34N4O. The molecular weight excluding hydrogens is 252 g/mol. The van der Waals surface area contributed by atoms with Gasteiger partial charge in [-0.1, -0.05) is 20.8 Å². The number of nitrogens with zero attached hydrogens (tertiary/aromatic N) is 2. The molecule has 0 aliphatic carbocycles. The number of nitrogens with two attached hydrogens (primary N) is 1. The van der Waals surface area contributed by atoms with Crippen molar-refractivity contribution in [2.75, 3.05) is 46.3 Å². The summed E-state index contributed by atoms with van der Waals surface area (Å²) in [5, 5.41) is 3.04. The summed E-state index contributed by atoms with van der Waals surface area (Å²) in [7, 11) is 1.79. The number of nitrogens with one attached hydrogen (secondary N) is 1. The number of hydrogen-bond acceptors (Lipinski definition) is 4. The van der Waals surface area contributed by atoms with Gasteiger partial charge < -0.3 is 20.9 Å². The van der Waals surface area contributed by atoms with Gasteiger partial charge in [0.25, 0.3) is 0 Å². The zero-order chi connectivity index (χ0) is 15.6. The van der Waals surface area contributed by atoms with Crippen molar-refractivity contribution in [2.45, 2.75) is 46.1 Å². The van der Waals surface area contributed by atoms with E-state index in [1.165, 1.54) is 6.42 Å². The van der Waals surface area contributed by atoms with E-state index < -0.39 is 5.54 Å². The summed E-state index contributed by atoms with van der Waals surface area (Å²) in [4.78, 5) is 16.3. The highest BCUT2D eigenvalue weighted by Crippen LogP contribution is 2.09. The van der Waals surface area contributed by atoms with Crippen LogP contribution in [-0.4, -0.2) is 67.6 Å². The quantitative estimate of drug-likeness (QED) is 0.559. The van der Waals surface area contributed by atoms with Gasteiger partial charge in [-0.3, -0.25) is 4.79 Å². The van der Waals surface area contributed by atoms with E-state index in [0.29, 0.717) is 0 Å². The molecule has 0 spiro atoms. The first-order valence-corrected chi connectivity index (χ1v) is 7.87. The van der Waals surface area contributed by atoms with Crippen LogP contribution in [0, 0.1) is 0 Å². The van der Waals surface area contributed by atoms with E-state index in [9.17, 15) is 4.79 Å². The topological polar surface area (TPSA) is 61.6 Å². The van der Waals surface area contributed by atoms with Crippen molar-refractivity contribution in [3.63, 3.8) is 0 Å². The number of likely N-dealkylation sites (N-methyl/N-ethyl adjacent to an activating group) is 1. The zero-order valence-electron chi connectivity index (χ0n) is 14.0. The molecule has 5 heteroatoms. The summed E-state index contributed by atoms with van der Waals surface area (Å²) in [6, 6.07) is 0. The molecule has 0 radical (unpaired) electrons. The van der Waals surface area contributed by atoms with Crippen molar-refractivity contribution in [1.29, 1.82) is 0 Å². The third-order valence-electron chi connectivity index (χ3n) is 4.31. The Labute approximate surface area is 124 Å². The smallest absolute Gasteiger partial charge is 0.237 e. The van der Waals surface area contributed by atoms with Crippen LogP contribution < -0.4 is 11.1 Å². The van der Waals surface area contributed by atoms with E-state index in [4.69, 9.17) is 5.73 Å². The molecule has 0 fully saturated rings. The number of rotatable bonds is 12. The van der Waals surface area contributed by atoms with Crippen molar-refractivity contribution in [3.05, 3.63) is 0 Å². The first-order chi connectivity index (χ1) is 9.43. The fourth-order valence-electron chi connectivity index (χ4n) is 2.24. The highest BCUT2D eigenvalue weighted by molar-refractivity contribution is 5.84. The Kier molecular flexibility index (Phi) is 9.80. The molecule has 1 amide bonds. The Morgan fingerprint density at radius 3 is 1.95 bits per heavy atom. The molecule has 0 aromatic rings. The van der Waals surface area contributed by atoms with E-state index in [1.54, 1.807) is 7.05 Å². The molecule has 0 aromatic heterocycles. The number of amides is 1. The molecule has 1 atom stereocenters. The average molecular weight is 286 g/mol. The Morgan fingerprint density at radius 2 is 1.55 bits per heavy atom. The van der Waals surface area contributed by atoms with Crippen LogP contribution in [0.25, 0.3) is 0 Å². The van der Waals surface area contributed by atoms with Crippen molar-refractivity contribution in [3.8, 4) is 0 Å². The number of hydrogen-bond donors (Lipinski definition) is 2. The Balaban J connectivity index is 4.13. The molecule has 0 heterocycles. The van der Waals surface area contributed by atoms with E-state index in [-0.39, 0.29) is 5.91 Å². The van der Waals surface area contributed by atoms with E-state index in [1.807, 2.05) is 6.92 Å². The Morgan fingerprint density at radius 1 is 1.05 bits per heavy atom. The molecule has 1 unspecified atom stereocenters. The van der Waals surface area contributed by atoms with Crippen LogP contribution in [0.4, 0.5) is 0 Å². The van der Waals surface area contributed by atoms with Gasteiger partial charge in [0.05, 0.1) is 5.54 Å². The highest BCUT2D eigenvalue weighted by atomic mass is 16.1. The highest BCUT2D eigenvalue weighted by Gasteiger charge is 2.28. The van der Waals surface area contributed by atoms with Crippen LogP contribution >= 0.6 is 0 Å². The second-order valence-electron chi connectivity index (χ2n) is 5.51. The molecule has 0 saturated carbocycles. The first kappa shape index (κ1) is 19.4. The summed E-state index contributed by atoms with van der Waals surface area (Å²) in [6.45, 7) is 14.8. The molecule has 0 aromatic carbocycles. The number of carbonyl (C=O) groups excluding carboxylic acids is 1. The molecule has 20 heavy (non-hydrogen) atoms. The lowest BCUT2D eigenvalue weighted by molar-refractivity contribution is -0.124. The molecule has 3 N–H and O–H groups in total. The maximum atomic E-state index is 11.5. The molecule has 0 aliphatic rings. The minimum absolute atomic E-state index is 0.279. The second-order valence-corrected chi connectivity index (χ2v) is 5.51. The lowest BCUT2D eigenvalue weighted by Crippen LogP contribution is -2.53. The minimum atomic E-state index is -0.605. The SMILES string of the molecule is CCN(CC)CCCN(CC)CCC(C)(NC)C(N)=O. The largest absolute Gasteiger partial charge is 0.368 e. The van der Waals surface area contributed by atoms with Crippen LogP contribution in [0.1, 0.15) is 40.5 Å². The maximum absolute atomic E-state index is 11.5. The number of carbonyl (C=O) groups is 1. The van der Waals surface area contributed by atoms with Gasteiger partial charge in [-0.15, -0.1) is 0 Å².